The molecule has 0 amide bonds. The summed E-state index contributed by atoms with van der Waals surface area (Å²) in [5.41, 5.74) is 3.86. The third-order valence-electron chi connectivity index (χ3n) is 7.34. The summed E-state index contributed by atoms with van der Waals surface area (Å²) < 4.78 is 34.5. The number of rotatable bonds is 16. The molecule has 0 spiro atoms. The monoisotopic (exact) mass is 748 g/mol. The average Bonchev–Trinajstić information content (AvgIpc) is 3.16. The lowest BCUT2D eigenvalue weighted by molar-refractivity contribution is -0.393. The van der Waals surface area contributed by atoms with E-state index in [9.17, 15) is 40.5 Å². The molecule has 0 aromatic heterocycles. The van der Waals surface area contributed by atoms with Crippen LogP contribution in [0.25, 0.3) is 0 Å². The molecule has 1 saturated heterocycles. The van der Waals surface area contributed by atoms with E-state index < -0.39 is 55.0 Å². The molecular weight excluding hydrogens is 720 g/mol. The van der Waals surface area contributed by atoms with Gasteiger partial charge >= 0.3 is 11.4 Å². The quantitative estimate of drug-likeness (QED) is 0.0825. The van der Waals surface area contributed by atoms with Gasteiger partial charge in [0.1, 0.15) is 34.4 Å². The van der Waals surface area contributed by atoms with Gasteiger partial charge in [0.05, 0.1) is 71.7 Å². The number of nitrogens with one attached hydrogen (secondary N) is 2. The molecule has 0 bridgehead atoms. The first-order valence-corrected chi connectivity index (χ1v) is 15.3. The van der Waals surface area contributed by atoms with Crippen LogP contribution >= 0.6 is 0 Å². The highest BCUT2D eigenvalue weighted by molar-refractivity contribution is 5.85. The molecule has 22 nitrogen and oxygen atoms in total. The van der Waals surface area contributed by atoms with Gasteiger partial charge in [-0.25, -0.2) is 0 Å². The minimum Gasteiger partial charge on any atom is -0.496 e. The highest BCUT2D eigenvalue weighted by Gasteiger charge is 2.31. The molecule has 0 radical (unpaired) electrons. The molecule has 2 N–H and O–H groups in total. The van der Waals surface area contributed by atoms with Crippen LogP contribution in [0.4, 0.5) is 34.1 Å². The second kappa shape index (κ2) is 17.2. The SMILES string of the molecule is COc1cc(OC2OCCOC2Oc2ccc(C=NNc3ccc([N+](=O)[O-])cc3[N+](=O)[O-])c(OC)c2)ccc1C=NNc1ccc([N+](=O)[O-])cc1[N+](=O)[O-]. The van der Waals surface area contributed by atoms with E-state index in [0.29, 0.717) is 34.1 Å². The second-order valence-corrected chi connectivity index (χ2v) is 10.7. The van der Waals surface area contributed by atoms with Gasteiger partial charge in [0.2, 0.25) is 0 Å². The van der Waals surface area contributed by atoms with Crippen LogP contribution in [0.5, 0.6) is 23.0 Å². The Bertz CT molecular complexity index is 1980. The van der Waals surface area contributed by atoms with Gasteiger partial charge in [-0.05, 0) is 36.4 Å². The number of nitrogens with zero attached hydrogens (tertiary/aromatic N) is 6. The van der Waals surface area contributed by atoms with Crippen molar-refractivity contribution in [1.82, 2.24) is 0 Å². The van der Waals surface area contributed by atoms with Crippen LogP contribution in [-0.2, 0) is 9.47 Å². The van der Waals surface area contributed by atoms with Gasteiger partial charge in [0.15, 0.2) is 0 Å². The van der Waals surface area contributed by atoms with Crippen LogP contribution in [0.2, 0.25) is 0 Å². The third kappa shape index (κ3) is 9.25. The lowest BCUT2D eigenvalue weighted by Gasteiger charge is -2.32. The number of benzene rings is 4. The van der Waals surface area contributed by atoms with Crippen molar-refractivity contribution in [2.24, 2.45) is 10.2 Å². The lowest BCUT2D eigenvalue weighted by Crippen LogP contribution is -2.45. The number of anilines is 2. The van der Waals surface area contributed by atoms with Crippen molar-refractivity contribution in [1.29, 1.82) is 0 Å². The molecule has 1 fully saturated rings. The maximum atomic E-state index is 11.4. The molecule has 2 atom stereocenters. The second-order valence-electron chi connectivity index (χ2n) is 10.7. The van der Waals surface area contributed by atoms with Gasteiger partial charge in [0, 0.05) is 35.4 Å². The van der Waals surface area contributed by atoms with E-state index in [1.54, 1.807) is 36.4 Å². The van der Waals surface area contributed by atoms with Crippen molar-refractivity contribution in [2.45, 2.75) is 12.6 Å². The molecular formula is C32H28N8O14. The molecule has 1 aliphatic rings. The predicted molar refractivity (Wildman–Crippen MR) is 189 cm³/mol. The average molecular weight is 749 g/mol. The molecule has 0 aliphatic carbocycles. The topological polar surface area (TPSA) is 277 Å². The number of hydrogen-bond acceptors (Lipinski definition) is 18. The van der Waals surface area contributed by atoms with Gasteiger partial charge in [-0.1, -0.05) is 0 Å². The Morgan fingerprint density at radius 1 is 0.611 bits per heavy atom. The maximum Gasteiger partial charge on any atom is 0.301 e. The van der Waals surface area contributed by atoms with Gasteiger partial charge in [-0.2, -0.15) is 10.2 Å². The number of nitro groups is 4. The number of hydrogen-bond donors (Lipinski definition) is 2. The van der Waals surface area contributed by atoms with Crippen molar-refractivity contribution in [3.63, 3.8) is 0 Å². The zero-order valence-electron chi connectivity index (χ0n) is 28.1. The zero-order valence-corrected chi connectivity index (χ0v) is 28.1. The fraction of sp³-hybridized carbons (Fsp3) is 0.188. The van der Waals surface area contributed by atoms with Crippen molar-refractivity contribution >= 4 is 46.6 Å². The summed E-state index contributed by atoms with van der Waals surface area (Å²) >= 11 is 0. The van der Waals surface area contributed by atoms with Crippen LogP contribution < -0.4 is 29.8 Å². The molecule has 1 heterocycles. The molecule has 4 aromatic carbocycles. The molecule has 22 heteroatoms. The fourth-order valence-corrected chi connectivity index (χ4v) is 4.78. The van der Waals surface area contributed by atoms with E-state index in [4.69, 9.17) is 28.4 Å². The van der Waals surface area contributed by atoms with Gasteiger partial charge in [0.25, 0.3) is 24.0 Å². The number of hydrazone groups is 2. The summed E-state index contributed by atoms with van der Waals surface area (Å²) in [4.78, 5) is 41.8. The summed E-state index contributed by atoms with van der Waals surface area (Å²) in [6.07, 6.45) is 0.580. The molecule has 2 unspecified atom stereocenters. The Kier molecular flexibility index (Phi) is 12.0. The normalized spacial score (nSPS) is 15.4. The van der Waals surface area contributed by atoms with E-state index in [2.05, 4.69) is 21.1 Å². The standard InChI is InChI=1S/C32H28N8O14/c1-49-29-15-23(7-3-19(29)17-33-35-25-9-5-21(37(41)42)13-27(25)39(45)46)53-31-32(52-12-11-51-31)54-24-8-4-20(30(16-24)50-2)18-34-36-26-10-6-22(38(43)44)14-28(26)40(47)48/h3-10,13-18,31-32,35-36H,11-12H2,1-2H3. The van der Waals surface area contributed by atoms with Gasteiger partial charge in [-0.15, -0.1) is 0 Å². The Hall–Kier alpha value is -7.46. The van der Waals surface area contributed by atoms with E-state index >= 15 is 0 Å². The molecule has 5 rings (SSSR count). The molecule has 280 valence electrons. The Morgan fingerprint density at radius 3 is 1.37 bits per heavy atom. The Balaban J connectivity index is 1.24. The molecule has 1 aliphatic heterocycles. The fourth-order valence-electron chi connectivity index (χ4n) is 4.78. The number of methoxy groups -OCH3 is 2. The number of non-ortho nitro benzene ring substituents is 2. The third-order valence-corrected chi connectivity index (χ3v) is 7.34. The Morgan fingerprint density at radius 2 is 1.02 bits per heavy atom. The van der Waals surface area contributed by atoms with Crippen molar-refractivity contribution in [3.05, 3.63) is 124 Å². The zero-order chi connectivity index (χ0) is 38.8. The minimum atomic E-state index is -1.04. The van der Waals surface area contributed by atoms with E-state index in [1.165, 1.54) is 38.8 Å². The molecule has 0 saturated carbocycles. The van der Waals surface area contributed by atoms with E-state index in [0.717, 1.165) is 24.3 Å². The molecule has 54 heavy (non-hydrogen) atoms. The smallest absolute Gasteiger partial charge is 0.301 e. The number of nitro benzene ring substituents is 4. The summed E-state index contributed by atoms with van der Waals surface area (Å²) in [5.74, 6) is 1.23. The molecule has 4 aromatic rings. The lowest BCUT2D eigenvalue weighted by atomic mass is 10.2. The van der Waals surface area contributed by atoms with Crippen molar-refractivity contribution in [2.75, 3.05) is 38.3 Å². The number of ether oxygens (including phenoxy) is 6. The summed E-state index contributed by atoms with van der Waals surface area (Å²) in [7, 11) is 2.82. The van der Waals surface area contributed by atoms with Crippen molar-refractivity contribution < 1.29 is 48.1 Å². The summed E-state index contributed by atoms with van der Waals surface area (Å²) in [5, 5.41) is 52.8. The first-order chi connectivity index (χ1) is 26.0. The van der Waals surface area contributed by atoms with Crippen molar-refractivity contribution in [3.8, 4) is 23.0 Å². The summed E-state index contributed by atoms with van der Waals surface area (Å²) in [6.45, 7) is 0.400. The minimum absolute atomic E-state index is 0.0633. The van der Waals surface area contributed by atoms with Crippen LogP contribution in [0.3, 0.4) is 0 Å². The van der Waals surface area contributed by atoms with E-state index in [-0.39, 0.29) is 24.6 Å². The highest BCUT2D eigenvalue weighted by atomic mass is 16.8. The van der Waals surface area contributed by atoms with Crippen LogP contribution in [0, 0.1) is 40.5 Å². The Labute approximate surface area is 303 Å². The first kappa shape index (κ1) is 37.8. The maximum absolute atomic E-state index is 11.4. The predicted octanol–water partition coefficient (Wildman–Crippen LogP) is 5.39. The van der Waals surface area contributed by atoms with Gasteiger partial charge in [-0.3, -0.25) is 51.3 Å². The van der Waals surface area contributed by atoms with Crippen LogP contribution in [0.1, 0.15) is 11.1 Å². The van der Waals surface area contributed by atoms with E-state index in [1.807, 2.05) is 0 Å². The first-order valence-electron chi connectivity index (χ1n) is 15.3. The largest absolute Gasteiger partial charge is 0.496 e. The van der Waals surface area contributed by atoms with Crippen LogP contribution in [0.15, 0.2) is 83.0 Å². The highest BCUT2D eigenvalue weighted by Crippen LogP contribution is 2.32. The summed E-state index contributed by atoms with van der Waals surface area (Å²) in [6, 6.07) is 15.7. The van der Waals surface area contributed by atoms with Gasteiger partial charge < -0.3 is 28.4 Å². The van der Waals surface area contributed by atoms with Crippen LogP contribution in [-0.4, -0.2) is 72.1 Å².